The fraction of sp³-hybridized carbons (Fsp3) is 0.476. The Kier molecular flexibility index (Phi) is 5.95. The first-order chi connectivity index (χ1) is 13.2. The Bertz CT molecular complexity index is 959. The predicted molar refractivity (Wildman–Crippen MR) is 110 cm³/mol. The smallest absolute Gasteiger partial charge is 0.270 e. The quantitative estimate of drug-likeness (QED) is 0.771. The highest BCUT2D eigenvalue weighted by molar-refractivity contribution is 7.89. The average molecular weight is 404 g/mol. The van der Waals surface area contributed by atoms with Gasteiger partial charge >= 0.3 is 0 Å². The molecule has 152 valence electrons. The third kappa shape index (κ3) is 3.73. The largest absolute Gasteiger partial charge is 0.342 e. The summed E-state index contributed by atoms with van der Waals surface area (Å²) in [5.74, 6) is -0.174. The van der Waals surface area contributed by atoms with Crippen LogP contribution in [-0.4, -0.2) is 48.2 Å². The molecule has 0 spiro atoms. The van der Waals surface area contributed by atoms with Crippen LogP contribution in [0.3, 0.4) is 0 Å². The number of carbonyl (C=O) groups excluding carboxylic acids is 1. The summed E-state index contributed by atoms with van der Waals surface area (Å²) in [6, 6.07) is 9.76. The van der Waals surface area contributed by atoms with Crippen LogP contribution in [0.5, 0.6) is 0 Å². The van der Waals surface area contributed by atoms with Gasteiger partial charge in [0.15, 0.2) is 0 Å². The lowest BCUT2D eigenvalue weighted by molar-refractivity contribution is 0.0774. The maximum Gasteiger partial charge on any atom is 0.270 e. The molecule has 0 saturated carbocycles. The Morgan fingerprint density at radius 3 is 2.29 bits per heavy atom. The molecule has 0 bridgehead atoms. The average Bonchev–Trinajstić information content (AvgIpc) is 2.91. The SMILES string of the molecule is Cc1c(S(=O)(=O)N2CCCCC2)c(C)n(C)c1C(=O)N(C)Cc1ccccc1. The molecule has 28 heavy (non-hydrogen) atoms. The van der Waals surface area contributed by atoms with Gasteiger partial charge in [-0.3, -0.25) is 4.79 Å². The van der Waals surface area contributed by atoms with Crippen molar-refractivity contribution >= 4 is 15.9 Å². The van der Waals surface area contributed by atoms with Crippen LogP contribution in [0.1, 0.15) is 46.6 Å². The number of sulfonamides is 1. The molecule has 1 aromatic heterocycles. The molecule has 0 N–H and O–H groups in total. The number of piperidine rings is 1. The van der Waals surface area contributed by atoms with Gasteiger partial charge < -0.3 is 9.47 Å². The van der Waals surface area contributed by atoms with Crippen molar-refractivity contribution in [1.29, 1.82) is 0 Å². The molecule has 1 amide bonds. The zero-order valence-corrected chi connectivity index (χ0v) is 17.9. The van der Waals surface area contributed by atoms with E-state index in [0.29, 0.717) is 36.6 Å². The first-order valence-corrected chi connectivity index (χ1v) is 11.1. The van der Waals surface area contributed by atoms with Crippen LogP contribution >= 0.6 is 0 Å². The highest BCUT2D eigenvalue weighted by Crippen LogP contribution is 2.30. The van der Waals surface area contributed by atoms with E-state index in [1.807, 2.05) is 30.3 Å². The Hall–Kier alpha value is -2.12. The summed E-state index contributed by atoms with van der Waals surface area (Å²) in [6.07, 6.45) is 2.83. The predicted octanol–water partition coefficient (Wildman–Crippen LogP) is 3.09. The molecule has 7 heteroatoms. The topological polar surface area (TPSA) is 62.6 Å². The summed E-state index contributed by atoms with van der Waals surface area (Å²) >= 11 is 0. The molecule has 1 aliphatic rings. The normalized spacial score (nSPS) is 15.6. The number of carbonyl (C=O) groups is 1. The first-order valence-electron chi connectivity index (χ1n) is 9.70. The van der Waals surface area contributed by atoms with E-state index in [1.165, 1.54) is 0 Å². The number of nitrogens with zero attached hydrogens (tertiary/aromatic N) is 3. The van der Waals surface area contributed by atoms with Gasteiger partial charge in [0.25, 0.3) is 5.91 Å². The second kappa shape index (κ2) is 8.09. The zero-order valence-electron chi connectivity index (χ0n) is 17.1. The van der Waals surface area contributed by atoms with Gasteiger partial charge in [0.1, 0.15) is 10.6 Å². The summed E-state index contributed by atoms with van der Waals surface area (Å²) in [6.45, 7) is 5.09. The lowest BCUT2D eigenvalue weighted by atomic mass is 10.2. The summed E-state index contributed by atoms with van der Waals surface area (Å²) in [4.78, 5) is 15.1. The van der Waals surface area contributed by atoms with Gasteiger partial charge in [-0.05, 0) is 32.3 Å². The van der Waals surface area contributed by atoms with Crippen LogP contribution in [0.2, 0.25) is 0 Å². The minimum absolute atomic E-state index is 0.174. The number of rotatable bonds is 5. The van der Waals surface area contributed by atoms with Crippen molar-refractivity contribution < 1.29 is 13.2 Å². The van der Waals surface area contributed by atoms with Crippen molar-refractivity contribution in [2.75, 3.05) is 20.1 Å². The number of hydrogen-bond donors (Lipinski definition) is 0. The molecule has 0 aliphatic carbocycles. The second-order valence-corrected chi connectivity index (χ2v) is 9.43. The van der Waals surface area contributed by atoms with Gasteiger partial charge in [-0.1, -0.05) is 36.8 Å². The summed E-state index contributed by atoms with van der Waals surface area (Å²) in [7, 11) is -0.0904. The minimum Gasteiger partial charge on any atom is -0.342 e. The van der Waals surface area contributed by atoms with Gasteiger partial charge in [-0.15, -0.1) is 0 Å². The number of amides is 1. The van der Waals surface area contributed by atoms with Crippen LogP contribution in [-0.2, 0) is 23.6 Å². The maximum absolute atomic E-state index is 13.3. The van der Waals surface area contributed by atoms with E-state index in [1.54, 1.807) is 41.7 Å². The molecule has 0 unspecified atom stereocenters. The number of aromatic nitrogens is 1. The van der Waals surface area contributed by atoms with Crippen molar-refractivity contribution in [3.05, 3.63) is 52.8 Å². The summed E-state index contributed by atoms with van der Waals surface area (Å²) in [5, 5.41) is 0. The molecule has 1 saturated heterocycles. The van der Waals surface area contributed by atoms with E-state index in [9.17, 15) is 13.2 Å². The first kappa shape index (κ1) is 20.6. The van der Waals surface area contributed by atoms with Crippen LogP contribution in [0, 0.1) is 13.8 Å². The Morgan fingerprint density at radius 1 is 1.07 bits per heavy atom. The van der Waals surface area contributed by atoms with E-state index in [0.717, 1.165) is 24.8 Å². The molecule has 1 aromatic carbocycles. The Balaban J connectivity index is 1.95. The van der Waals surface area contributed by atoms with Crippen molar-refractivity contribution in [2.45, 2.75) is 44.6 Å². The molecule has 2 heterocycles. The fourth-order valence-electron chi connectivity index (χ4n) is 3.98. The highest BCUT2D eigenvalue weighted by atomic mass is 32.2. The third-order valence-electron chi connectivity index (χ3n) is 5.59. The molecular formula is C21H29N3O3S. The molecule has 6 nitrogen and oxygen atoms in total. The standard InChI is InChI=1S/C21H29N3O3S/c1-16-19(21(25)22(3)15-18-11-7-5-8-12-18)23(4)17(2)20(16)28(26,27)24-13-9-6-10-14-24/h5,7-8,11-12H,6,9-10,13-15H2,1-4H3. The number of hydrogen-bond acceptors (Lipinski definition) is 3. The second-order valence-electron chi connectivity index (χ2n) is 7.56. The zero-order chi connectivity index (χ0) is 20.5. The van der Waals surface area contributed by atoms with Crippen LogP contribution in [0.25, 0.3) is 0 Å². The molecule has 2 aromatic rings. The maximum atomic E-state index is 13.3. The fourth-order valence-corrected chi connectivity index (χ4v) is 5.97. The molecule has 1 fully saturated rings. The lowest BCUT2D eigenvalue weighted by Crippen LogP contribution is -2.36. The summed E-state index contributed by atoms with van der Waals surface area (Å²) < 4.78 is 29.8. The Labute approximate surface area is 167 Å². The van der Waals surface area contributed by atoms with E-state index >= 15 is 0 Å². The van der Waals surface area contributed by atoms with Gasteiger partial charge in [-0.2, -0.15) is 4.31 Å². The van der Waals surface area contributed by atoms with Crippen LogP contribution in [0.15, 0.2) is 35.2 Å². The van der Waals surface area contributed by atoms with E-state index in [4.69, 9.17) is 0 Å². The van der Waals surface area contributed by atoms with Crippen molar-refractivity contribution in [3.63, 3.8) is 0 Å². The van der Waals surface area contributed by atoms with E-state index in [2.05, 4.69) is 0 Å². The molecule has 0 radical (unpaired) electrons. The molecule has 0 atom stereocenters. The van der Waals surface area contributed by atoms with Crippen molar-refractivity contribution in [2.24, 2.45) is 7.05 Å². The van der Waals surface area contributed by atoms with Gasteiger partial charge in [0.05, 0.1) is 0 Å². The van der Waals surface area contributed by atoms with Crippen LogP contribution < -0.4 is 0 Å². The molecular weight excluding hydrogens is 374 g/mol. The highest BCUT2D eigenvalue weighted by Gasteiger charge is 2.34. The molecule has 1 aliphatic heterocycles. The Morgan fingerprint density at radius 2 is 1.68 bits per heavy atom. The third-order valence-corrected chi connectivity index (χ3v) is 7.75. The van der Waals surface area contributed by atoms with Gasteiger partial charge in [0, 0.05) is 45.0 Å². The van der Waals surface area contributed by atoms with E-state index < -0.39 is 10.0 Å². The molecule has 3 rings (SSSR count). The monoisotopic (exact) mass is 403 g/mol. The van der Waals surface area contributed by atoms with E-state index in [-0.39, 0.29) is 10.8 Å². The van der Waals surface area contributed by atoms with Crippen LogP contribution in [0.4, 0.5) is 0 Å². The van der Waals surface area contributed by atoms with Crippen molar-refractivity contribution in [3.8, 4) is 0 Å². The lowest BCUT2D eigenvalue weighted by Gasteiger charge is -2.26. The minimum atomic E-state index is -3.60. The van der Waals surface area contributed by atoms with Gasteiger partial charge in [-0.25, -0.2) is 8.42 Å². The summed E-state index contributed by atoms with van der Waals surface area (Å²) in [5.41, 5.74) is 2.62. The van der Waals surface area contributed by atoms with Gasteiger partial charge in [0.2, 0.25) is 10.0 Å². The number of benzene rings is 1. The van der Waals surface area contributed by atoms with Crippen molar-refractivity contribution in [1.82, 2.24) is 13.8 Å².